The molecular weight excluding hydrogens is 719 g/mol. The molecule has 8 nitrogen and oxygen atoms in total. The van der Waals surface area contributed by atoms with Gasteiger partial charge in [-0.1, -0.05) is 199 Å². The van der Waals surface area contributed by atoms with Gasteiger partial charge in [-0.3, -0.25) is 13.8 Å². The molecule has 0 aliphatic carbocycles. The molecule has 0 aliphatic heterocycles. The number of rotatable bonds is 44. The van der Waals surface area contributed by atoms with E-state index in [1.54, 1.807) is 0 Å². The van der Waals surface area contributed by atoms with Gasteiger partial charge in [-0.15, -0.1) is 0 Å². The van der Waals surface area contributed by atoms with Gasteiger partial charge in [0.05, 0.1) is 39.9 Å². The Morgan fingerprint density at radius 3 is 1.38 bits per heavy atom. The Morgan fingerprint density at radius 1 is 0.589 bits per heavy atom. The van der Waals surface area contributed by atoms with E-state index < -0.39 is 20.0 Å². The highest BCUT2D eigenvalue weighted by molar-refractivity contribution is 7.47. The lowest BCUT2D eigenvalue weighted by Gasteiger charge is -2.26. The minimum absolute atomic E-state index is 0.0756. The molecule has 0 aromatic rings. The Balaban J connectivity index is 4.18. The summed E-state index contributed by atoms with van der Waals surface area (Å²) < 4.78 is 23.6. The molecule has 0 heterocycles. The van der Waals surface area contributed by atoms with Crippen LogP contribution in [0, 0.1) is 0 Å². The zero-order valence-electron chi connectivity index (χ0n) is 37.9. The summed E-state index contributed by atoms with van der Waals surface area (Å²) in [5.74, 6) is -0.148. The molecule has 0 spiro atoms. The van der Waals surface area contributed by atoms with Gasteiger partial charge in [0.1, 0.15) is 13.2 Å². The standard InChI is InChI=1S/C47H95N2O6P/c1-6-8-10-12-14-16-18-19-20-21-22-23-24-25-26-27-28-29-31-33-35-37-39-41-47(51)48-45(44-55-56(52,53)54-43-42-49(3,4)5)46(50)40-38-36-34-32-30-17-15-13-11-9-7-2/h25-26,45-46,50H,6-24,27-44H2,1-5H3,(H-,48,51,52,53)/p+1/b26-25-. The van der Waals surface area contributed by atoms with Crippen LogP contribution in [0.4, 0.5) is 0 Å². The third-order valence-corrected chi connectivity index (χ3v) is 12.0. The molecule has 0 aromatic carbocycles. The van der Waals surface area contributed by atoms with Crippen LogP contribution in [-0.4, -0.2) is 73.4 Å². The smallest absolute Gasteiger partial charge is 0.391 e. The lowest BCUT2D eigenvalue weighted by Crippen LogP contribution is -2.46. The first-order valence-corrected chi connectivity index (χ1v) is 25.5. The maximum absolute atomic E-state index is 12.9. The predicted molar refractivity (Wildman–Crippen MR) is 240 cm³/mol. The quantitative estimate of drug-likeness (QED) is 0.0245. The lowest BCUT2D eigenvalue weighted by atomic mass is 10.0. The van der Waals surface area contributed by atoms with E-state index in [0.717, 1.165) is 38.5 Å². The number of carbonyl (C=O) groups excluding carboxylic acids is 1. The highest BCUT2D eigenvalue weighted by atomic mass is 31.2. The fraction of sp³-hybridized carbons (Fsp3) is 0.936. The number of phosphoric ester groups is 1. The highest BCUT2D eigenvalue weighted by Gasteiger charge is 2.28. The fourth-order valence-electron chi connectivity index (χ4n) is 7.16. The number of aliphatic hydroxyl groups excluding tert-OH is 1. The molecule has 9 heteroatoms. The lowest BCUT2D eigenvalue weighted by molar-refractivity contribution is -0.870. The van der Waals surface area contributed by atoms with Crippen molar-refractivity contribution in [2.45, 2.75) is 244 Å². The number of hydrogen-bond acceptors (Lipinski definition) is 5. The number of quaternary nitrogens is 1. The second kappa shape index (κ2) is 39.7. The summed E-state index contributed by atoms with van der Waals surface area (Å²) in [5, 5.41) is 13.9. The number of nitrogens with zero attached hydrogens (tertiary/aromatic N) is 1. The highest BCUT2D eigenvalue weighted by Crippen LogP contribution is 2.43. The van der Waals surface area contributed by atoms with Crippen molar-refractivity contribution in [1.82, 2.24) is 5.32 Å². The van der Waals surface area contributed by atoms with E-state index >= 15 is 0 Å². The number of amides is 1. The Bertz CT molecular complexity index is 927. The van der Waals surface area contributed by atoms with Crippen LogP contribution in [0.25, 0.3) is 0 Å². The fourth-order valence-corrected chi connectivity index (χ4v) is 7.89. The van der Waals surface area contributed by atoms with Gasteiger partial charge in [-0.2, -0.15) is 0 Å². The Labute approximate surface area is 348 Å². The molecule has 0 fully saturated rings. The summed E-state index contributed by atoms with van der Waals surface area (Å²) in [6, 6.07) is -0.758. The van der Waals surface area contributed by atoms with E-state index in [4.69, 9.17) is 9.05 Å². The van der Waals surface area contributed by atoms with Crippen molar-refractivity contribution in [1.29, 1.82) is 0 Å². The monoisotopic (exact) mass is 816 g/mol. The number of aliphatic hydroxyl groups is 1. The van der Waals surface area contributed by atoms with Crippen LogP contribution < -0.4 is 5.32 Å². The van der Waals surface area contributed by atoms with Crippen LogP contribution >= 0.6 is 7.82 Å². The summed E-state index contributed by atoms with van der Waals surface area (Å²) in [7, 11) is 1.62. The largest absolute Gasteiger partial charge is 0.472 e. The SMILES string of the molecule is CCCCCCCCCCCCCC/C=C\CCCCCCCCCC(=O)NC(COP(=O)(O)OCC[N+](C)(C)C)C(O)CCCCCCCCCCCCC. The van der Waals surface area contributed by atoms with E-state index in [1.165, 1.54) is 167 Å². The molecule has 0 radical (unpaired) electrons. The normalized spacial score (nSPS) is 14.3. The summed E-state index contributed by atoms with van der Waals surface area (Å²) in [6.07, 6.45) is 45.3. The van der Waals surface area contributed by atoms with Crippen molar-refractivity contribution in [2.24, 2.45) is 0 Å². The van der Waals surface area contributed by atoms with Crippen LogP contribution in [-0.2, 0) is 18.4 Å². The van der Waals surface area contributed by atoms with Crippen LogP contribution in [0.3, 0.4) is 0 Å². The maximum Gasteiger partial charge on any atom is 0.472 e. The number of carbonyl (C=O) groups is 1. The van der Waals surface area contributed by atoms with E-state index in [1.807, 2.05) is 21.1 Å². The number of allylic oxidation sites excluding steroid dienone is 2. The van der Waals surface area contributed by atoms with Crippen molar-refractivity contribution >= 4 is 13.7 Å². The molecule has 3 atom stereocenters. The van der Waals surface area contributed by atoms with Crippen molar-refractivity contribution in [3.63, 3.8) is 0 Å². The molecule has 0 saturated carbocycles. The summed E-state index contributed by atoms with van der Waals surface area (Å²) in [5.41, 5.74) is 0. The van der Waals surface area contributed by atoms with Crippen LogP contribution in [0.5, 0.6) is 0 Å². The average molecular weight is 816 g/mol. The van der Waals surface area contributed by atoms with Gasteiger partial charge in [-0.05, 0) is 38.5 Å². The Kier molecular flexibility index (Phi) is 39.1. The van der Waals surface area contributed by atoms with Crippen LogP contribution in [0.15, 0.2) is 12.2 Å². The van der Waals surface area contributed by atoms with Gasteiger partial charge in [-0.25, -0.2) is 4.57 Å². The van der Waals surface area contributed by atoms with Gasteiger partial charge < -0.3 is 19.8 Å². The molecule has 1 amide bonds. The second-order valence-corrected chi connectivity index (χ2v) is 19.3. The first kappa shape index (κ1) is 55.2. The first-order chi connectivity index (χ1) is 27.0. The van der Waals surface area contributed by atoms with Gasteiger partial charge >= 0.3 is 7.82 Å². The minimum atomic E-state index is -4.31. The van der Waals surface area contributed by atoms with E-state index in [-0.39, 0.29) is 19.1 Å². The zero-order valence-corrected chi connectivity index (χ0v) is 38.8. The van der Waals surface area contributed by atoms with Gasteiger partial charge in [0.2, 0.25) is 5.91 Å². The van der Waals surface area contributed by atoms with Crippen molar-refractivity contribution < 1.29 is 32.9 Å². The molecule has 0 rings (SSSR count). The molecule has 0 bridgehead atoms. The molecule has 3 N–H and O–H groups in total. The first-order valence-electron chi connectivity index (χ1n) is 24.1. The second-order valence-electron chi connectivity index (χ2n) is 17.8. The van der Waals surface area contributed by atoms with Crippen LogP contribution in [0.2, 0.25) is 0 Å². The number of phosphoric acid groups is 1. The van der Waals surface area contributed by atoms with E-state index in [2.05, 4.69) is 31.3 Å². The van der Waals surface area contributed by atoms with Crippen LogP contribution in [0.1, 0.15) is 232 Å². The van der Waals surface area contributed by atoms with Gasteiger partial charge in [0, 0.05) is 6.42 Å². The number of likely N-dealkylation sites (N-methyl/N-ethyl adjacent to an activating group) is 1. The molecule has 0 aromatic heterocycles. The molecule has 3 unspecified atom stereocenters. The number of hydrogen-bond donors (Lipinski definition) is 3. The zero-order chi connectivity index (χ0) is 41.4. The Morgan fingerprint density at radius 2 is 0.964 bits per heavy atom. The number of nitrogens with one attached hydrogen (secondary N) is 1. The molecular formula is C47H96N2O6P+. The summed E-state index contributed by atoms with van der Waals surface area (Å²) in [6.45, 7) is 4.89. The number of unbranched alkanes of at least 4 members (excludes halogenated alkanes) is 29. The van der Waals surface area contributed by atoms with Crippen molar-refractivity contribution in [3.05, 3.63) is 12.2 Å². The maximum atomic E-state index is 12.9. The molecule has 56 heavy (non-hydrogen) atoms. The van der Waals surface area contributed by atoms with Gasteiger partial charge in [0.25, 0.3) is 0 Å². The van der Waals surface area contributed by atoms with Gasteiger partial charge in [0.15, 0.2) is 0 Å². The molecule has 334 valence electrons. The third kappa shape index (κ3) is 41.4. The van der Waals surface area contributed by atoms with E-state index in [9.17, 15) is 19.4 Å². The van der Waals surface area contributed by atoms with Crippen molar-refractivity contribution in [2.75, 3.05) is 40.9 Å². The molecule has 0 saturated heterocycles. The predicted octanol–water partition coefficient (Wildman–Crippen LogP) is 13.5. The average Bonchev–Trinajstić information content (AvgIpc) is 3.15. The minimum Gasteiger partial charge on any atom is -0.391 e. The Hall–Kier alpha value is -0.760. The molecule has 0 aliphatic rings. The summed E-state index contributed by atoms with van der Waals surface area (Å²) >= 11 is 0. The third-order valence-electron chi connectivity index (χ3n) is 11.0. The summed E-state index contributed by atoms with van der Waals surface area (Å²) in [4.78, 5) is 23.1. The topological polar surface area (TPSA) is 105 Å². The van der Waals surface area contributed by atoms with E-state index in [0.29, 0.717) is 23.9 Å². The van der Waals surface area contributed by atoms with Crippen molar-refractivity contribution in [3.8, 4) is 0 Å².